The Morgan fingerprint density at radius 1 is 1.03 bits per heavy atom. The van der Waals surface area contributed by atoms with Crippen molar-refractivity contribution in [1.29, 1.82) is 0 Å². The van der Waals surface area contributed by atoms with Crippen LogP contribution in [0, 0.1) is 23.6 Å². The maximum atomic E-state index is 13.9. The van der Waals surface area contributed by atoms with Gasteiger partial charge in [0.05, 0.1) is 5.57 Å². The van der Waals surface area contributed by atoms with Gasteiger partial charge in [0, 0.05) is 21.1 Å². The molecule has 3 aromatic rings. The third kappa shape index (κ3) is 3.90. The minimum atomic E-state index is -0.245. The van der Waals surface area contributed by atoms with Gasteiger partial charge < -0.3 is 4.74 Å². The van der Waals surface area contributed by atoms with E-state index >= 15 is 0 Å². The van der Waals surface area contributed by atoms with Crippen LogP contribution in [0.15, 0.2) is 72.4 Å². The highest BCUT2D eigenvalue weighted by atomic mass is 19.1. The summed E-state index contributed by atoms with van der Waals surface area (Å²) < 4.78 is 20.9. The van der Waals surface area contributed by atoms with E-state index in [0.717, 1.165) is 44.0 Å². The minimum Gasteiger partial charge on any atom is -0.489 e. The van der Waals surface area contributed by atoms with E-state index in [1.54, 1.807) is 13.0 Å². The first-order valence-corrected chi connectivity index (χ1v) is 10.2. The summed E-state index contributed by atoms with van der Waals surface area (Å²) in [6.45, 7) is 6.51. The molecule has 0 radical (unpaired) electrons. The van der Waals surface area contributed by atoms with Crippen molar-refractivity contribution in [3.63, 3.8) is 0 Å². The molecule has 0 saturated carbocycles. The van der Waals surface area contributed by atoms with Crippen molar-refractivity contribution < 1.29 is 13.9 Å². The molecule has 30 heavy (non-hydrogen) atoms. The zero-order valence-electron chi connectivity index (χ0n) is 17.5. The Morgan fingerprint density at radius 2 is 1.80 bits per heavy atom. The summed E-state index contributed by atoms with van der Waals surface area (Å²) in [5.41, 5.74) is 6.03. The van der Waals surface area contributed by atoms with E-state index in [1.807, 2.05) is 68.4 Å². The second-order valence-corrected chi connectivity index (χ2v) is 8.01. The molecule has 0 atom stereocenters. The van der Waals surface area contributed by atoms with Crippen molar-refractivity contribution in [3.05, 3.63) is 111 Å². The lowest BCUT2D eigenvalue weighted by molar-refractivity contribution is -0.522. The zero-order chi connectivity index (χ0) is 21.3. The number of hydrogen-bond acceptors (Lipinski definition) is 2. The minimum absolute atomic E-state index is 0.0463. The molecular weight excluding hydrogens is 377 g/mol. The number of aryl methyl sites for hydroxylation is 1. The van der Waals surface area contributed by atoms with Crippen LogP contribution in [0.4, 0.5) is 4.39 Å². The van der Waals surface area contributed by atoms with E-state index < -0.39 is 0 Å². The number of allylic oxidation sites excluding steroid dienone is 1. The smallest absolute Gasteiger partial charge is 0.244 e. The molecule has 152 valence electrons. The highest BCUT2D eigenvalue weighted by Crippen LogP contribution is 2.39. The van der Waals surface area contributed by atoms with Gasteiger partial charge in [-0.1, -0.05) is 50.2 Å². The molecule has 3 nitrogen and oxygen atoms in total. The van der Waals surface area contributed by atoms with Crippen LogP contribution in [-0.2, 0) is 13.2 Å². The Morgan fingerprint density at radius 3 is 2.50 bits per heavy atom. The first-order chi connectivity index (χ1) is 14.4. The summed E-state index contributed by atoms with van der Waals surface area (Å²) in [7, 11) is 0. The summed E-state index contributed by atoms with van der Waals surface area (Å²) in [5, 5.41) is 0. The molecule has 4 heteroatoms. The van der Waals surface area contributed by atoms with E-state index in [-0.39, 0.29) is 18.3 Å². The van der Waals surface area contributed by atoms with Gasteiger partial charge in [-0.15, -0.1) is 0 Å². The Kier molecular flexibility index (Phi) is 5.49. The predicted molar refractivity (Wildman–Crippen MR) is 117 cm³/mol. The van der Waals surface area contributed by atoms with E-state index in [0.29, 0.717) is 12.2 Å². The van der Waals surface area contributed by atoms with Crippen molar-refractivity contribution in [1.82, 2.24) is 0 Å². The second kappa shape index (κ2) is 8.23. The number of hydrogen-bond donors (Lipinski definition) is 0. The quantitative estimate of drug-likeness (QED) is 0.461. The predicted octanol–water partition coefficient (Wildman–Crippen LogP) is 6.42. The number of fused-ring (bicyclic) bond motifs is 1. The van der Waals surface area contributed by atoms with E-state index in [1.165, 1.54) is 6.07 Å². The molecular formula is C26H25FNO2+. The highest BCUT2D eigenvalue weighted by Gasteiger charge is 2.35. The topological polar surface area (TPSA) is 29.3 Å². The van der Waals surface area contributed by atoms with Crippen LogP contribution < -0.4 is 4.74 Å². The maximum Gasteiger partial charge on any atom is 0.244 e. The molecule has 0 aromatic heterocycles. The lowest BCUT2D eigenvalue weighted by Gasteiger charge is -2.20. The molecule has 0 saturated heterocycles. The monoisotopic (exact) mass is 402 g/mol. The van der Waals surface area contributed by atoms with Gasteiger partial charge in [-0.3, -0.25) is 0 Å². The van der Waals surface area contributed by atoms with Gasteiger partial charge in [0.1, 0.15) is 18.2 Å². The number of nitrogens with zero attached hydrogens (tertiary/aromatic N) is 1. The molecule has 0 bridgehead atoms. The molecule has 0 fully saturated rings. The number of nitroso groups, excluding NO2 is 1. The highest BCUT2D eigenvalue weighted by molar-refractivity contribution is 5.84. The lowest BCUT2D eigenvalue weighted by atomic mass is 9.86. The van der Waals surface area contributed by atoms with Crippen LogP contribution in [0.1, 0.15) is 41.7 Å². The molecule has 3 aromatic carbocycles. The molecule has 4 rings (SSSR count). The van der Waals surface area contributed by atoms with Crippen molar-refractivity contribution in [2.24, 2.45) is 5.92 Å². The Labute approximate surface area is 176 Å². The number of halogens is 1. The summed E-state index contributed by atoms with van der Waals surface area (Å²) in [6, 6.07) is 20.9. The SMILES string of the molecule is Cc1cc(C2=C(C(C)C)[N+](=O)Cc3cc(OCc4ccccc4)ccc32)ccc1F. The number of rotatable bonds is 5. The van der Waals surface area contributed by atoms with Crippen LogP contribution in [0.25, 0.3) is 5.57 Å². The average Bonchev–Trinajstić information content (AvgIpc) is 2.73. The first kappa shape index (κ1) is 20.0. The third-order valence-electron chi connectivity index (χ3n) is 5.43. The summed E-state index contributed by atoms with van der Waals surface area (Å²) >= 11 is 0. The molecule has 1 aliphatic rings. The molecule has 1 aliphatic heterocycles. The summed E-state index contributed by atoms with van der Waals surface area (Å²) in [4.78, 5) is 13.0. The van der Waals surface area contributed by atoms with Crippen LogP contribution in [0.2, 0.25) is 0 Å². The molecule has 0 amide bonds. The van der Waals surface area contributed by atoms with Gasteiger partial charge in [0.15, 0.2) is 0 Å². The second-order valence-electron chi connectivity index (χ2n) is 8.01. The molecule has 0 N–H and O–H groups in total. The van der Waals surface area contributed by atoms with E-state index in [9.17, 15) is 9.30 Å². The van der Waals surface area contributed by atoms with Crippen LogP contribution in [0.5, 0.6) is 5.75 Å². The van der Waals surface area contributed by atoms with Gasteiger partial charge in [-0.25, -0.2) is 4.39 Å². The normalized spacial score (nSPS) is 13.6. The van der Waals surface area contributed by atoms with Gasteiger partial charge in [-0.2, -0.15) is 0 Å². The lowest BCUT2D eigenvalue weighted by Crippen LogP contribution is -2.21. The Hall–Kier alpha value is -3.27. The van der Waals surface area contributed by atoms with Crippen molar-refractivity contribution in [2.45, 2.75) is 33.9 Å². The van der Waals surface area contributed by atoms with Crippen molar-refractivity contribution >= 4 is 5.57 Å². The molecule has 0 aliphatic carbocycles. The summed E-state index contributed by atoms with van der Waals surface area (Å²) in [6.07, 6.45) is 0. The standard InChI is InChI=1S/C26H25FNO2/c1-17(2)26-25(20-9-12-24(27)18(3)13-20)23-11-10-22(14-21(23)15-28(26)29)30-16-19-7-5-4-6-8-19/h4-14,17H,15-16H2,1-3H3/q+1. The fourth-order valence-corrected chi connectivity index (χ4v) is 3.96. The summed E-state index contributed by atoms with van der Waals surface area (Å²) in [5.74, 6) is 0.531. The maximum absolute atomic E-state index is 13.9. The van der Waals surface area contributed by atoms with Crippen LogP contribution in [0.3, 0.4) is 0 Å². The number of benzene rings is 3. The molecule has 0 spiro atoms. The fourth-order valence-electron chi connectivity index (χ4n) is 3.96. The Bertz CT molecular complexity index is 1130. The zero-order valence-corrected chi connectivity index (χ0v) is 17.5. The fraction of sp³-hybridized carbons (Fsp3) is 0.231. The van der Waals surface area contributed by atoms with E-state index in [4.69, 9.17) is 4.74 Å². The first-order valence-electron chi connectivity index (χ1n) is 10.2. The van der Waals surface area contributed by atoms with Crippen LogP contribution >= 0.6 is 0 Å². The average molecular weight is 402 g/mol. The largest absolute Gasteiger partial charge is 0.489 e. The van der Waals surface area contributed by atoms with E-state index in [2.05, 4.69) is 0 Å². The molecule has 0 unspecified atom stereocenters. The van der Waals surface area contributed by atoms with Crippen molar-refractivity contribution in [2.75, 3.05) is 0 Å². The third-order valence-corrected chi connectivity index (χ3v) is 5.43. The van der Waals surface area contributed by atoms with Gasteiger partial charge in [0.25, 0.3) is 0 Å². The van der Waals surface area contributed by atoms with Crippen molar-refractivity contribution in [3.8, 4) is 5.75 Å². The van der Waals surface area contributed by atoms with Crippen LogP contribution in [-0.4, -0.2) is 4.76 Å². The van der Waals surface area contributed by atoms with Gasteiger partial charge in [0.2, 0.25) is 12.2 Å². The number of ether oxygens (including phenoxy) is 1. The molecule has 1 heterocycles. The Balaban J connectivity index is 1.74. The van der Waals surface area contributed by atoms with Gasteiger partial charge >= 0.3 is 0 Å². The van der Waals surface area contributed by atoms with Gasteiger partial charge in [-0.05, 0) is 59.5 Å².